The lowest BCUT2D eigenvalue weighted by Crippen LogP contribution is -2.19. The average Bonchev–Trinajstić information content (AvgIpc) is 2.60. The van der Waals surface area contributed by atoms with Crippen LogP contribution in [0.1, 0.15) is 34.0 Å². The summed E-state index contributed by atoms with van der Waals surface area (Å²) >= 11 is 0. The van der Waals surface area contributed by atoms with Crippen molar-refractivity contribution in [3.05, 3.63) is 64.7 Å². The van der Waals surface area contributed by atoms with Crippen LogP contribution in [0.4, 0.5) is 0 Å². The highest BCUT2D eigenvalue weighted by molar-refractivity contribution is 5.98. The van der Waals surface area contributed by atoms with E-state index in [1.54, 1.807) is 12.1 Å². The van der Waals surface area contributed by atoms with Crippen molar-refractivity contribution < 1.29 is 19.1 Å². The molecule has 0 N–H and O–H groups in total. The lowest BCUT2D eigenvalue weighted by atomic mass is 10.0. The molecule has 126 valence electrons. The molecule has 0 heterocycles. The summed E-state index contributed by atoms with van der Waals surface area (Å²) in [4.78, 5) is 23.7. The molecule has 0 aliphatic rings. The van der Waals surface area contributed by atoms with E-state index >= 15 is 0 Å². The van der Waals surface area contributed by atoms with Crippen molar-refractivity contribution >= 4 is 11.8 Å². The maximum Gasteiger partial charge on any atom is 0.344 e. The summed E-state index contributed by atoms with van der Waals surface area (Å²) < 4.78 is 10.3. The summed E-state index contributed by atoms with van der Waals surface area (Å²) in [7, 11) is 0. The molecule has 4 heteroatoms. The Morgan fingerprint density at radius 3 is 2.25 bits per heavy atom. The number of carbonyl (C=O) groups is 2. The molecule has 0 aliphatic heterocycles. The van der Waals surface area contributed by atoms with Gasteiger partial charge < -0.3 is 9.47 Å². The Bertz CT molecular complexity index is 717. The number of rotatable bonds is 7. The summed E-state index contributed by atoms with van der Waals surface area (Å²) in [5.74, 6) is -0.185. The van der Waals surface area contributed by atoms with Gasteiger partial charge in [0.2, 0.25) is 0 Å². The van der Waals surface area contributed by atoms with E-state index < -0.39 is 5.97 Å². The minimum atomic E-state index is -0.563. The second kappa shape index (κ2) is 8.29. The second-order valence-corrected chi connectivity index (χ2v) is 5.67. The van der Waals surface area contributed by atoms with Crippen LogP contribution >= 0.6 is 0 Å². The van der Waals surface area contributed by atoms with Crippen molar-refractivity contribution in [2.75, 3.05) is 13.2 Å². The number of benzene rings is 2. The van der Waals surface area contributed by atoms with Crippen molar-refractivity contribution in [2.24, 2.45) is 0 Å². The van der Waals surface area contributed by atoms with Gasteiger partial charge in [0.15, 0.2) is 19.0 Å². The van der Waals surface area contributed by atoms with Crippen LogP contribution in [0.5, 0.6) is 5.75 Å². The summed E-state index contributed by atoms with van der Waals surface area (Å²) in [6.07, 6.45) is 0.947. The normalized spacial score (nSPS) is 10.3. The van der Waals surface area contributed by atoms with Crippen molar-refractivity contribution in [3.8, 4) is 5.75 Å². The van der Waals surface area contributed by atoms with Crippen molar-refractivity contribution in [1.82, 2.24) is 0 Å². The number of ketones is 1. The molecule has 0 unspecified atom stereocenters. The molecular formula is C20H22O4. The molecule has 0 radical (unpaired) electrons. The zero-order valence-electron chi connectivity index (χ0n) is 14.3. The molecule has 2 aromatic rings. The number of ether oxygens (including phenoxy) is 2. The first-order valence-electron chi connectivity index (χ1n) is 7.97. The topological polar surface area (TPSA) is 52.6 Å². The van der Waals surface area contributed by atoms with Gasteiger partial charge in [-0.3, -0.25) is 4.79 Å². The summed E-state index contributed by atoms with van der Waals surface area (Å²) in [6, 6.07) is 12.9. The van der Waals surface area contributed by atoms with Crippen molar-refractivity contribution in [2.45, 2.75) is 27.2 Å². The molecule has 4 nitrogen and oxygen atoms in total. The van der Waals surface area contributed by atoms with Gasteiger partial charge in [-0.05, 0) is 55.2 Å². The number of Topliss-reactive ketones (excluding diaryl/α,β-unsaturated/α-hetero) is 1. The van der Waals surface area contributed by atoms with Gasteiger partial charge in [0.05, 0.1) is 0 Å². The quantitative estimate of drug-likeness (QED) is 0.575. The smallest absolute Gasteiger partial charge is 0.344 e. The molecular weight excluding hydrogens is 304 g/mol. The largest absolute Gasteiger partial charge is 0.482 e. The van der Waals surface area contributed by atoms with Gasteiger partial charge in [0.1, 0.15) is 5.75 Å². The highest BCUT2D eigenvalue weighted by Crippen LogP contribution is 2.13. The van der Waals surface area contributed by atoms with Gasteiger partial charge in [-0.15, -0.1) is 0 Å². The summed E-state index contributed by atoms with van der Waals surface area (Å²) in [6.45, 7) is 5.49. The van der Waals surface area contributed by atoms with E-state index in [9.17, 15) is 9.59 Å². The monoisotopic (exact) mass is 326 g/mol. The lowest BCUT2D eigenvalue weighted by molar-refractivity contribution is -0.144. The number of hydrogen-bond donors (Lipinski definition) is 0. The summed E-state index contributed by atoms with van der Waals surface area (Å²) in [5, 5.41) is 0. The molecule has 0 bridgehead atoms. The molecule has 0 saturated heterocycles. The Hall–Kier alpha value is -2.62. The van der Waals surface area contributed by atoms with Gasteiger partial charge in [0.25, 0.3) is 0 Å². The standard InChI is InChI=1S/C20H22O4/c1-4-16-6-9-18(10-7-16)23-13-20(22)24-12-19(21)17-8-5-14(2)15(3)11-17/h5-11H,4,12-13H2,1-3H3. The first-order valence-corrected chi connectivity index (χ1v) is 7.97. The zero-order valence-corrected chi connectivity index (χ0v) is 14.3. The van der Waals surface area contributed by atoms with E-state index in [0.29, 0.717) is 11.3 Å². The molecule has 0 aliphatic carbocycles. The number of carbonyl (C=O) groups excluding carboxylic acids is 2. The third kappa shape index (κ3) is 4.95. The van der Waals surface area contributed by atoms with Crippen LogP contribution < -0.4 is 4.74 Å². The maximum absolute atomic E-state index is 12.0. The van der Waals surface area contributed by atoms with Gasteiger partial charge in [-0.25, -0.2) is 4.79 Å². The van der Waals surface area contributed by atoms with Crippen LogP contribution in [0.25, 0.3) is 0 Å². The van der Waals surface area contributed by atoms with Crippen molar-refractivity contribution in [1.29, 1.82) is 0 Å². The van der Waals surface area contributed by atoms with E-state index in [1.807, 2.05) is 44.2 Å². The lowest BCUT2D eigenvalue weighted by Gasteiger charge is -2.08. The van der Waals surface area contributed by atoms with Crippen LogP contribution in [0.2, 0.25) is 0 Å². The molecule has 0 fully saturated rings. The first kappa shape index (κ1) is 17.7. The minimum absolute atomic E-state index is 0.217. The maximum atomic E-state index is 12.0. The van der Waals surface area contributed by atoms with E-state index in [0.717, 1.165) is 17.5 Å². The fourth-order valence-corrected chi connectivity index (χ4v) is 2.15. The van der Waals surface area contributed by atoms with Gasteiger partial charge in [-0.1, -0.05) is 31.2 Å². The fourth-order valence-electron chi connectivity index (χ4n) is 2.15. The Labute approximate surface area is 142 Å². The Morgan fingerprint density at radius 1 is 0.917 bits per heavy atom. The molecule has 0 aromatic heterocycles. The van der Waals surface area contributed by atoms with E-state index in [4.69, 9.17) is 9.47 Å². The molecule has 0 amide bonds. The molecule has 2 aromatic carbocycles. The van der Waals surface area contributed by atoms with Crippen LogP contribution in [-0.2, 0) is 16.0 Å². The molecule has 0 spiro atoms. The molecule has 2 rings (SSSR count). The highest BCUT2D eigenvalue weighted by atomic mass is 16.6. The van der Waals surface area contributed by atoms with E-state index in [-0.39, 0.29) is 19.0 Å². The predicted molar refractivity (Wildman–Crippen MR) is 92.5 cm³/mol. The number of esters is 1. The molecule has 0 atom stereocenters. The third-order valence-corrected chi connectivity index (χ3v) is 3.88. The van der Waals surface area contributed by atoms with Crippen LogP contribution in [0, 0.1) is 13.8 Å². The minimum Gasteiger partial charge on any atom is -0.482 e. The van der Waals surface area contributed by atoms with Crippen LogP contribution in [-0.4, -0.2) is 25.0 Å². The Balaban J connectivity index is 1.79. The fraction of sp³-hybridized carbons (Fsp3) is 0.300. The highest BCUT2D eigenvalue weighted by Gasteiger charge is 2.11. The number of hydrogen-bond acceptors (Lipinski definition) is 4. The van der Waals surface area contributed by atoms with Crippen LogP contribution in [0.15, 0.2) is 42.5 Å². The number of aryl methyl sites for hydroxylation is 3. The van der Waals surface area contributed by atoms with Gasteiger partial charge in [-0.2, -0.15) is 0 Å². The Morgan fingerprint density at radius 2 is 1.62 bits per heavy atom. The molecule has 0 saturated carbocycles. The van der Waals surface area contributed by atoms with E-state index in [1.165, 1.54) is 5.56 Å². The zero-order chi connectivity index (χ0) is 17.5. The SMILES string of the molecule is CCc1ccc(OCC(=O)OCC(=O)c2ccc(C)c(C)c2)cc1. The summed E-state index contributed by atoms with van der Waals surface area (Å²) in [5.41, 5.74) is 3.89. The van der Waals surface area contributed by atoms with Gasteiger partial charge >= 0.3 is 5.97 Å². The van der Waals surface area contributed by atoms with E-state index in [2.05, 4.69) is 6.92 Å². The second-order valence-electron chi connectivity index (χ2n) is 5.67. The first-order chi connectivity index (χ1) is 11.5. The van der Waals surface area contributed by atoms with Gasteiger partial charge in [0, 0.05) is 5.56 Å². The Kier molecular flexibility index (Phi) is 6.13. The third-order valence-electron chi connectivity index (χ3n) is 3.88. The van der Waals surface area contributed by atoms with Crippen molar-refractivity contribution in [3.63, 3.8) is 0 Å². The van der Waals surface area contributed by atoms with Crippen LogP contribution in [0.3, 0.4) is 0 Å². The predicted octanol–water partition coefficient (Wildman–Crippen LogP) is 3.67. The molecule has 24 heavy (non-hydrogen) atoms. The average molecular weight is 326 g/mol.